The molecule has 0 saturated heterocycles. The molecule has 0 aliphatic rings. The van der Waals surface area contributed by atoms with Crippen molar-refractivity contribution >= 4 is 29.3 Å². The van der Waals surface area contributed by atoms with Gasteiger partial charge in [-0.25, -0.2) is 0 Å². The van der Waals surface area contributed by atoms with Gasteiger partial charge < -0.3 is 10.6 Å². The van der Waals surface area contributed by atoms with Crippen LogP contribution in [-0.4, -0.2) is 48.1 Å². The number of anilines is 1. The number of hydrogen-bond donors (Lipinski definition) is 2. The average molecular weight is 337 g/mol. The van der Waals surface area contributed by atoms with Gasteiger partial charge in [-0.3, -0.25) is 14.5 Å². The van der Waals surface area contributed by atoms with E-state index in [-0.39, 0.29) is 30.4 Å². The third-order valence-corrected chi connectivity index (χ3v) is 3.77. The predicted molar refractivity (Wildman–Crippen MR) is 96.9 cm³/mol. The average Bonchev–Trinajstić information content (AvgIpc) is 2.44. The Labute approximate surface area is 143 Å². The molecular weight excluding hydrogens is 310 g/mol. The van der Waals surface area contributed by atoms with Crippen LogP contribution in [0.1, 0.15) is 27.7 Å². The van der Waals surface area contributed by atoms with E-state index in [0.29, 0.717) is 6.54 Å². The van der Waals surface area contributed by atoms with Crippen molar-refractivity contribution in [3.05, 3.63) is 24.3 Å². The zero-order chi connectivity index (χ0) is 17.5. The molecule has 1 aromatic carbocycles. The van der Waals surface area contributed by atoms with Gasteiger partial charge in [0.25, 0.3) is 0 Å². The van der Waals surface area contributed by atoms with Gasteiger partial charge in [0.15, 0.2) is 0 Å². The SMILES string of the molecule is CCN(CC(=O)Nc1cccc(SC)c1)CC(=O)NC(C)(C)C. The van der Waals surface area contributed by atoms with Gasteiger partial charge in [-0.1, -0.05) is 13.0 Å². The van der Waals surface area contributed by atoms with Gasteiger partial charge in [0.05, 0.1) is 13.1 Å². The highest BCUT2D eigenvalue weighted by Gasteiger charge is 2.17. The lowest BCUT2D eigenvalue weighted by Gasteiger charge is -2.24. The van der Waals surface area contributed by atoms with Crippen LogP contribution in [-0.2, 0) is 9.59 Å². The third-order valence-electron chi connectivity index (χ3n) is 3.05. The summed E-state index contributed by atoms with van der Waals surface area (Å²) in [5.74, 6) is -0.190. The van der Waals surface area contributed by atoms with Gasteiger partial charge in [-0.05, 0) is 51.8 Å². The highest BCUT2D eigenvalue weighted by atomic mass is 32.2. The summed E-state index contributed by atoms with van der Waals surface area (Å²) >= 11 is 1.63. The van der Waals surface area contributed by atoms with E-state index in [4.69, 9.17) is 0 Å². The molecule has 0 aliphatic carbocycles. The molecule has 0 aromatic heterocycles. The molecule has 0 bridgehead atoms. The minimum absolute atomic E-state index is 0.0727. The maximum atomic E-state index is 12.2. The lowest BCUT2D eigenvalue weighted by Crippen LogP contribution is -2.47. The van der Waals surface area contributed by atoms with Crippen LogP contribution in [0.25, 0.3) is 0 Å². The van der Waals surface area contributed by atoms with E-state index in [0.717, 1.165) is 10.6 Å². The second kappa shape index (κ2) is 8.93. The van der Waals surface area contributed by atoms with Crippen LogP contribution >= 0.6 is 11.8 Å². The first kappa shape index (κ1) is 19.5. The van der Waals surface area contributed by atoms with Gasteiger partial charge in [-0.2, -0.15) is 0 Å². The Morgan fingerprint density at radius 3 is 2.39 bits per heavy atom. The fourth-order valence-corrected chi connectivity index (χ4v) is 2.50. The quantitative estimate of drug-likeness (QED) is 0.751. The molecule has 0 unspecified atom stereocenters. The molecule has 0 spiro atoms. The Morgan fingerprint density at radius 2 is 1.83 bits per heavy atom. The zero-order valence-electron chi connectivity index (χ0n) is 14.6. The minimum atomic E-state index is -0.267. The minimum Gasteiger partial charge on any atom is -0.350 e. The van der Waals surface area contributed by atoms with Crippen molar-refractivity contribution in [2.24, 2.45) is 0 Å². The van der Waals surface area contributed by atoms with Crippen LogP contribution in [0.3, 0.4) is 0 Å². The zero-order valence-corrected chi connectivity index (χ0v) is 15.4. The Hall–Kier alpha value is -1.53. The molecule has 0 saturated carbocycles. The van der Waals surface area contributed by atoms with Gasteiger partial charge in [0, 0.05) is 16.1 Å². The van der Waals surface area contributed by atoms with Gasteiger partial charge in [0.2, 0.25) is 11.8 Å². The van der Waals surface area contributed by atoms with Crippen molar-refractivity contribution in [1.29, 1.82) is 0 Å². The van der Waals surface area contributed by atoms with E-state index in [1.54, 1.807) is 11.8 Å². The first-order valence-electron chi connectivity index (χ1n) is 7.70. The second-order valence-electron chi connectivity index (χ2n) is 6.38. The highest BCUT2D eigenvalue weighted by Crippen LogP contribution is 2.18. The van der Waals surface area contributed by atoms with Crippen molar-refractivity contribution < 1.29 is 9.59 Å². The Bertz CT molecular complexity index is 541. The van der Waals surface area contributed by atoms with Crippen LogP contribution in [0.15, 0.2) is 29.2 Å². The fourth-order valence-electron chi connectivity index (χ4n) is 2.04. The van der Waals surface area contributed by atoms with Crippen molar-refractivity contribution in [2.45, 2.75) is 38.1 Å². The van der Waals surface area contributed by atoms with E-state index in [2.05, 4.69) is 10.6 Å². The van der Waals surface area contributed by atoms with Gasteiger partial charge in [-0.15, -0.1) is 11.8 Å². The summed E-state index contributed by atoms with van der Waals surface area (Å²) in [6, 6.07) is 7.71. The summed E-state index contributed by atoms with van der Waals surface area (Å²) in [6.07, 6.45) is 1.99. The van der Waals surface area contributed by atoms with E-state index in [1.807, 2.05) is 63.1 Å². The van der Waals surface area contributed by atoms with Crippen LogP contribution in [0.4, 0.5) is 5.69 Å². The van der Waals surface area contributed by atoms with Crippen LogP contribution < -0.4 is 10.6 Å². The van der Waals surface area contributed by atoms with Gasteiger partial charge in [0.1, 0.15) is 0 Å². The lowest BCUT2D eigenvalue weighted by atomic mass is 10.1. The highest BCUT2D eigenvalue weighted by molar-refractivity contribution is 7.98. The summed E-state index contributed by atoms with van der Waals surface area (Å²) in [6.45, 7) is 8.79. The van der Waals surface area contributed by atoms with E-state index >= 15 is 0 Å². The first-order valence-corrected chi connectivity index (χ1v) is 8.93. The summed E-state index contributed by atoms with van der Waals surface area (Å²) in [4.78, 5) is 27.0. The van der Waals surface area contributed by atoms with Crippen LogP contribution in [0.2, 0.25) is 0 Å². The van der Waals surface area contributed by atoms with Crippen LogP contribution in [0.5, 0.6) is 0 Å². The first-order chi connectivity index (χ1) is 10.7. The van der Waals surface area contributed by atoms with Crippen LogP contribution in [0, 0.1) is 0 Å². The summed E-state index contributed by atoms with van der Waals surface area (Å²) in [7, 11) is 0. The van der Waals surface area contributed by atoms with Crippen molar-refractivity contribution in [3.8, 4) is 0 Å². The van der Waals surface area contributed by atoms with Crippen molar-refractivity contribution in [3.63, 3.8) is 0 Å². The number of amides is 2. The smallest absolute Gasteiger partial charge is 0.238 e. The lowest BCUT2D eigenvalue weighted by molar-refractivity contribution is -0.124. The number of likely N-dealkylation sites (N-methyl/N-ethyl adjacent to an activating group) is 1. The molecule has 2 N–H and O–H groups in total. The summed E-state index contributed by atoms with van der Waals surface area (Å²) in [5, 5.41) is 5.78. The molecule has 128 valence electrons. The topological polar surface area (TPSA) is 61.4 Å². The maximum Gasteiger partial charge on any atom is 0.238 e. The molecule has 5 nitrogen and oxygen atoms in total. The number of hydrogen-bond acceptors (Lipinski definition) is 4. The molecular formula is C17H27N3O2S. The molecule has 1 rings (SSSR count). The van der Waals surface area contributed by atoms with E-state index in [9.17, 15) is 9.59 Å². The third kappa shape index (κ3) is 8.04. The summed E-state index contributed by atoms with van der Waals surface area (Å²) in [5.41, 5.74) is 0.508. The fraction of sp³-hybridized carbons (Fsp3) is 0.529. The monoisotopic (exact) mass is 337 g/mol. The van der Waals surface area contributed by atoms with Crippen molar-refractivity contribution in [1.82, 2.24) is 10.2 Å². The number of benzene rings is 1. The molecule has 0 fully saturated rings. The Kier molecular flexibility index (Phi) is 7.58. The molecule has 0 heterocycles. The summed E-state index contributed by atoms with van der Waals surface area (Å²) < 4.78 is 0. The molecule has 2 amide bonds. The molecule has 0 atom stereocenters. The van der Waals surface area contributed by atoms with Crippen molar-refractivity contribution in [2.75, 3.05) is 31.2 Å². The van der Waals surface area contributed by atoms with E-state index < -0.39 is 0 Å². The number of nitrogens with zero attached hydrogens (tertiary/aromatic N) is 1. The maximum absolute atomic E-state index is 12.2. The molecule has 0 radical (unpaired) electrons. The van der Waals surface area contributed by atoms with E-state index in [1.165, 1.54) is 0 Å². The normalized spacial score (nSPS) is 11.4. The second-order valence-corrected chi connectivity index (χ2v) is 7.26. The number of thioether (sulfide) groups is 1. The molecule has 0 aliphatic heterocycles. The largest absolute Gasteiger partial charge is 0.350 e. The molecule has 6 heteroatoms. The predicted octanol–water partition coefficient (Wildman–Crippen LogP) is 2.58. The Morgan fingerprint density at radius 1 is 1.17 bits per heavy atom. The number of nitrogens with one attached hydrogen (secondary N) is 2. The standard InChI is InChI=1S/C17H27N3O2S/c1-6-20(12-16(22)19-17(2,3)4)11-15(21)18-13-8-7-9-14(10-13)23-5/h7-10H,6,11-12H2,1-5H3,(H,18,21)(H,19,22). The number of carbonyl (C=O) groups is 2. The van der Waals surface area contributed by atoms with Gasteiger partial charge >= 0.3 is 0 Å². The molecule has 23 heavy (non-hydrogen) atoms. The molecule has 1 aromatic rings. The number of rotatable bonds is 7. The number of carbonyl (C=O) groups excluding carboxylic acids is 2. The Balaban J connectivity index is 2.54.